The van der Waals surface area contributed by atoms with Crippen molar-refractivity contribution < 1.29 is 5.21 Å². The Bertz CT molecular complexity index is 817. The molecule has 2 aromatic rings. The maximum absolute atomic E-state index is 9.38. The highest BCUT2D eigenvalue weighted by Crippen LogP contribution is 2.17. The molecule has 0 heterocycles. The highest BCUT2D eigenvalue weighted by atomic mass is 16.4. The zero-order valence-electron chi connectivity index (χ0n) is 25.6. The maximum atomic E-state index is 9.38. The summed E-state index contributed by atoms with van der Waals surface area (Å²) in [6.45, 7) is 4.45. The van der Waals surface area contributed by atoms with Crippen molar-refractivity contribution in [1.82, 2.24) is 0 Å². The smallest absolute Gasteiger partial charge is 0.0570 e. The van der Waals surface area contributed by atoms with E-state index in [1.54, 1.807) is 0 Å². The Kier molecular flexibility index (Phi) is 19.3. The number of aryl methyl sites for hydroxylation is 4. The van der Waals surface area contributed by atoms with E-state index in [2.05, 4.69) is 67.5 Å². The van der Waals surface area contributed by atoms with Gasteiger partial charge in [0.2, 0.25) is 0 Å². The Morgan fingerprint density at radius 2 is 0.769 bits per heavy atom. The number of benzene rings is 2. The normalized spacial score (nSPS) is 11.1. The highest BCUT2D eigenvalue weighted by molar-refractivity contribution is 5.83. The van der Waals surface area contributed by atoms with Crippen LogP contribution in [0.4, 0.5) is 0 Å². The molecule has 0 saturated carbocycles. The average Bonchev–Trinajstić information content (AvgIpc) is 2.95. The number of hydrogen-bond acceptors (Lipinski definition) is 2. The van der Waals surface area contributed by atoms with Crippen LogP contribution in [0.1, 0.15) is 151 Å². The van der Waals surface area contributed by atoms with Gasteiger partial charge in [0, 0.05) is 0 Å². The molecule has 2 aromatic carbocycles. The van der Waals surface area contributed by atoms with Gasteiger partial charge < -0.3 is 5.21 Å². The second-order valence-electron chi connectivity index (χ2n) is 11.9. The maximum Gasteiger partial charge on any atom is 0.0570 e. The minimum absolute atomic E-state index is 0.984. The number of unbranched alkanes of at least 4 members (excludes halogenated alkanes) is 16. The summed E-state index contributed by atoms with van der Waals surface area (Å²) in [6, 6.07) is 17.6. The Labute approximate surface area is 241 Å². The first-order chi connectivity index (χ1) is 19.2. The zero-order chi connectivity index (χ0) is 27.8. The lowest BCUT2D eigenvalue weighted by Crippen LogP contribution is -1.99. The van der Waals surface area contributed by atoms with Crippen LogP contribution in [0, 0.1) is 13.8 Å². The molecule has 0 aromatic heterocycles. The minimum atomic E-state index is 0.984. The SMILES string of the molecule is Cc1ccccc1CCCCCCCCCCCC(CCCCCCCCCCCc1ccccc1C)=NO. The summed E-state index contributed by atoms with van der Waals surface area (Å²) in [5.41, 5.74) is 6.95. The van der Waals surface area contributed by atoms with Gasteiger partial charge in [-0.15, -0.1) is 0 Å². The summed E-state index contributed by atoms with van der Waals surface area (Å²) in [5.74, 6) is 0. The lowest BCUT2D eigenvalue weighted by atomic mass is 10.00. The number of rotatable bonds is 24. The Hall–Kier alpha value is -2.09. The molecule has 2 rings (SSSR count). The van der Waals surface area contributed by atoms with Crippen molar-refractivity contribution in [3.8, 4) is 0 Å². The third-order valence-corrected chi connectivity index (χ3v) is 8.49. The molecular formula is C37H59NO. The van der Waals surface area contributed by atoms with Crippen LogP contribution in [0.2, 0.25) is 0 Å². The molecule has 0 aliphatic carbocycles. The van der Waals surface area contributed by atoms with Crippen molar-refractivity contribution >= 4 is 5.71 Å². The molecule has 0 spiro atoms. The predicted molar refractivity (Wildman–Crippen MR) is 171 cm³/mol. The quantitative estimate of drug-likeness (QED) is 0.0618. The zero-order valence-corrected chi connectivity index (χ0v) is 25.6. The lowest BCUT2D eigenvalue weighted by molar-refractivity contribution is 0.315. The Morgan fingerprint density at radius 1 is 0.462 bits per heavy atom. The molecule has 2 heteroatoms. The summed E-state index contributed by atoms with van der Waals surface area (Å²) >= 11 is 0. The van der Waals surface area contributed by atoms with E-state index in [1.807, 2.05) is 0 Å². The minimum Gasteiger partial charge on any atom is -0.411 e. The van der Waals surface area contributed by atoms with Gasteiger partial charge in [-0.25, -0.2) is 0 Å². The summed E-state index contributed by atoms with van der Waals surface area (Å²) in [4.78, 5) is 0. The third kappa shape index (κ3) is 16.6. The highest BCUT2D eigenvalue weighted by Gasteiger charge is 2.02. The fourth-order valence-electron chi connectivity index (χ4n) is 5.77. The fraction of sp³-hybridized carbons (Fsp3) is 0.649. The monoisotopic (exact) mass is 533 g/mol. The van der Waals surface area contributed by atoms with Gasteiger partial charge in [-0.3, -0.25) is 0 Å². The van der Waals surface area contributed by atoms with Crippen molar-refractivity contribution in [3.63, 3.8) is 0 Å². The van der Waals surface area contributed by atoms with Gasteiger partial charge in [0.15, 0.2) is 0 Å². The van der Waals surface area contributed by atoms with Crippen LogP contribution >= 0.6 is 0 Å². The fourth-order valence-corrected chi connectivity index (χ4v) is 5.77. The molecule has 0 radical (unpaired) electrons. The molecule has 0 aliphatic heterocycles. The molecule has 218 valence electrons. The number of nitrogens with zero attached hydrogens (tertiary/aromatic N) is 1. The second kappa shape index (κ2) is 22.7. The van der Waals surface area contributed by atoms with Gasteiger partial charge in [0.05, 0.1) is 5.71 Å². The van der Waals surface area contributed by atoms with Crippen molar-refractivity contribution in [2.45, 2.75) is 155 Å². The van der Waals surface area contributed by atoms with E-state index in [0.29, 0.717) is 0 Å². The summed E-state index contributed by atoms with van der Waals surface area (Å²) in [6.07, 6.45) is 28.3. The van der Waals surface area contributed by atoms with Crippen LogP contribution in [-0.2, 0) is 12.8 Å². The standard InChI is InChI=1S/C37H59NO/c1-33-25-21-23-29-35(33)27-17-13-9-5-3-7-11-15-19-31-37(38-39)32-20-16-12-8-4-6-10-14-18-28-36-30-24-22-26-34(36)2/h21-26,29-30,39H,3-20,27-28,31-32H2,1-2H3. The van der Waals surface area contributed by atoms with Crippen molar-refractivity contribution in [1.29, 1.82) is 0 Å². The molecule has 0 fully saturated rings. The topological polar surface area (TPSA) is 32.6 Å². The van der Waals surface area contributed by atoms with Gasteiger partial charge >= 0.3 is 0 Å². The largest absolute Gasteiger partial charge is 0.411 e. The van der Waals surface area contributed by atoms with Gasteiger partial charge in [-0.05, 0) is 87.5 Å². The molecule has 0 saturated heterocycles. The van der Waals surface area contributed by atoms with Crippen LogP contribution in [-0.4, -0.2) is 10.9 Å². The molecule has 0 atom stereocenters. The first kappa shape index (κ1) is 33.1. The van der Waals surface area contributed by atoms with Crippen LogP contribution in [0.5, 0.6) is 0 Å². The van der Waals surface area contributed by atoms with Crippen LogP contribution < -0.4 is 0 Å². The second-order valence-corrected chi connectivity index (χ2v) is 11.9. The molecule has 0 amide bonds. The summed E-state index contributed by atoms with van der Waals surface area (Å²) in [5, 5.41) is 13.0. The van der Waals surface area contributed by atoms with E-state index in [1.165, 1.54) is 151 Å². The van der Waals surface area contributed by atoms with E-state index >= 15 is 0 Å². The Balaban J connectivity index is 1.30. The van der Waals surface area contributed by atoms with Crippen LogP contribution in [0.25, 0.3) is 0 Å². The molecule has 0 unspecified atom stereocenters. The van der Waals surface area contributed by atoms with Gasteiger partial charge in [0.1, 0.15) is 0 Å². The number of oxime groups is 1. The van der Waals surface area contributed by atoms with Crippen molar-refractivity contribution in [3.05, 3.63) is 70.8 Å². The Morgan fingerprint density at radius 3 is 1.10 bits per heavy atom. The summed E-state index contributed by atoms with van der Waals surface area (Å²) in [7, 11) is 0. The van der Waals surface area contributed by atoms with E-state index in [4.69, 9.17) is 0 Å². The first-order valence-corrected chi connectivity index (χ1v) is 16.5. The van der Waals surface area contributed by atoms with E-state index in [9.17, 15) is 5.21 Å². The van der Waals surface area contributed by atoms with E-state index < -0.39 is 0 Å². The molecule has 1 N–H and O–H groups in total. The van der Waals surface area contributed by atoms with Crippen molar-refractivity contribution in [2.75, 3.05) is 0 Å². The number of hydrogen-bond donors (Lipinski definition) is 1. The average molecular weight is 534 g/mol. The van der Waals surface area contributed by atoms with Crippen molar-refractivity contribution in [2.24, 2.45) is 5.16 Å². The molecule has 0 aliphatic rings. The van der Waals surface area contributed by atoms with Gasteiger partial charge in [-0.1, -0.05) is 144 Å². The van der Waals surface area contributed by atoms with E-state index in [-0.39, 0.29) is 0 Å². The van der Waals surface area contributed by atoms with Gasteiger partial charge in [-0.2, -0.15) is 0 Å². The lowest BCUT2D eigenvalue weighted by Gasteiger charge is -2.07. The molecular weight excluding hydrogens is 474 g/mol. The molecule has 2 nitrogen and oxygen atoms in total. The van der Waals surface area contributed by atoms with Gasteiger partial charge in [0.25, 0.3) is 0 Å². The predicted octanol–water partition coefficient (Wildman–Crippen LogP) is 11.7. The van der Waals surface area contributed by atoms with E-state index in [0.717, 1.165) is 18.6 Å². The van der Waals surface area contributed by atoms with Crippen LogP contribution in [0.3, 0.4) is 0 Å². The van der Waals surface area contributed by atoms with Crippen LogP contribution in [0.15, 0.2) is 53.7 Å². The molecule has 0 bridgehead atoms. The molecule has 39 heavy (non-hydrogen) atoms. The first-order valence-electron chi connectivity index (χ1n) is 16.5. The summed E-state index contributed by atoms with van der Waals surface area (Å²) < 4.78 is 0. The third-order valence-electron chi connectivity index (χ3n) is 8.49.